The van der Waals surface area contributed by atoms with Gasteiger partial charge in [-0.2, -0.15) is 0 Å². The van der Waals surface area contributed by atoms with Crippen LogP contribution in [0.2, 0.25) is 0 Å². The van der Waals surface area contributed by atoms with E-state index in [0.717, 1.165) is 10.0 Å². The minimum atomic E-state index is -2.62. The monoisotopic (exact) mass is 321 g/mol. The van der Waals surface area contributed by atoms with Gasteiger partial charge in [-0.3, -0.25) is 4.90 Å². The van der Waals surface area contributed by atoms with E-state index in [4.69, 9.17) is 0 Å². The first-order chi connectivity index (χ1) is 8.37. The van der Waals surface area contributed by atoms with Crippen molar-refractivity contribution in [2.24, 2.45) is 0 Å². The molecule has 1 saturated heterocycles. The number of hydrogen-bond acceptors (Lipinski definition) is 1. The lowest BCUT2D eigenvalue weighted by Crippen LogP contribution is -2.42. The molecule has 0 atom stereocenters. The van der Waals surface area contributed by atoms with Crippen molar-refractivity contribution in [1.29, 1.82) is 0 Å². The second-order valence-corrected chi connectivity index (χ2v) is 5.72. The maximum atomic E-state index is 13.5. The molecule has 2 rings (SSSR count). The van der Waals surface area contributed by atoms with Gasteiger partial charge < -0.3 is 0 Å². The number of hydrogen-bond donors (Lipinski definition) is 0. The smallest absolute Gasteiger partial charge is 0.260 e. The fraction of sp³-hybridized carbons (Fsp3) is 0.538. The first-order valence-corrected chi connectivity index (χ1v) is 6.71. The van der Waals surface area contributed by atoms with Crippen LogP contribution in [0.4, 0.5) is 13.2 Å². The van der Waals surface area contributed by atoms with Gasteiger partial charge >= 0.3 is 0 Å². The quantitative estimate of drug-likeness (QED) is 0.791. The van der Waals surface area contributed by atoms with Gasteiger partial charge in [-0.05, 0) is 43.1 Å². The second kappa shape index (κ2) is 5.21. The molecule has 1 aliphatic heterocycles. The summed E-state index contributed by atoms with van der Waals surface area (Å²) in [5, 5.41) is 0. The van der Waals surface area contributed by atoms with Gasteiger partial charge in [0.1, 0.15) is 5.82 Å². The number of likely N-dealkylation sites (tertiary alicyclic amines) is 1. The molecular weight excluding hydrogens is 307 g/mol. The van der Waals surface area contributed by atoms with Crippen molar-refractivity contribution in [2.75, 3.05) is 13.1 Å². The van der Waals surface area contributed by atoms with Crippen LogP contribution in [0.3, 0.4) is 0 Å². The third-order valence-electron chi connectivity index (χ3n) is 3.19. The molecule has 0 unspecified atom stereocenters. The lowest BCUT2D eigenvalue weighted by Gasteiger charge is -2.32. The average molecular weight is 322 g/mol. The highest BCUT2D eigenvalue weighted by Crippen LogP contribution is 2.29. The van der Waals surface area contributed by atoms with Gasteiger partial charge in [0.25, 0.3) is 5.92 Å². The van der Waals surface area contributed by atoms with E-state index in [1.165, 1.54) is 6.07 Å². The lowest BCUT2D eigenvalue weighted by molar-refractivity contribution is -0.0661. The second-order valence-electron chi connectivity index (χ2n) is 4.86. The van der Waals surface area contributed by atoms with Crippen LogP contribution in [0.1, 0.15) is 24.0 Å². The Balaban J connectivity index is 2.12. The Hall–Kier alpha value is -0.550. The summed E-state index contributed by atoms with van der Waals surface area (Å²) in [7, 11) is 0. The fourth-order valence-electron chi connectivity index (χ4n) is 2.23. The molecule has 0 N–H and O–H groups in total. The molecule has 0 aromatic heterocycles. The van der Waals surface area contributed by atoms with E-state index in [9.17, 15) is 13.2 Å². The van der Waals surface area contributed by atoms with Crippen molar-refractivity contribution in [3.05, 3.63) is 33.5 Å². The molecule has 100 valence electrons. The Morgan fingerprint density at radius 1 is 1.39 bits per heavy atom. The van der Waals surface area contributed by atoms with Crippen molar-refractivity contribution in [3.63, 3.8) is 0 Å². The summed E-state index contributed by atoms with van der Waals surface area (Å²) < 4.78 is 40.8. The van der Waals surface area contributed by atoms with Crippen LogP contribution in [0.25, 0.3) is 0 Å². The topological polar surface area (TPSA) is 3.24 Å². The van der Waals surface area contributed by atoms with Gasteiger partial charge in [-0.15, -0.1) is 0 Å². The zero-order chi connectivity index (χ0) is 13.3. The number of benzene rings is 1. The average Bonchev–Trinajstić information content (AvgIpc) is 2.24. The van der Waals surface area contributed by atoms with Crippen molar-refractivity contribution in [3.8, 4) is 0 Å². The molecule has 0 aliphatic carbocycles. The summed E-state index contributed by atoms with van der Waals surface area (Å²) in [4.78, 5) is 1.68. The summed E-state index contributed by atoms with van der Waals surface area (Å²) in [6.45, 7) is 2.43. The van der Waals surface area contributed by atoms with Crippen LogP contribution in [0.5, 0.6) is 0 Å². The molecule has 1 aliphatic rings. The SMILES string of the molecule is Cc1cc(Br)c(CN2CCCC(F)(F)C2)cc1F. The molecular formula is C13H15BrF3N. The number of piperidine rings is 1. The minimum absolute atomic E-state index is 0.0487. The van der Waals surface area contributed by atoms with Crippen LogP contribution >= 0.6 is 15.9 Å². The predicted octanol–water partition coefficient (Wildman–Crippen LogP) is 4.13. The summed E-state index contributed by atoms with van der Waals surface area (Å²) in [6, 6.07) is 3.11. The van der Waals surface area contributed by atoms with Gasteiger partial charge in [-0.1, -0.05) is 15.9 Å². The van der Waals surface area contributed by atoms with Gasteiger partial charge in [-0.25, -0.2) is 13.2 Å². The molecule has 0 saturated carbocycles. The number of alkyl halides is 2. The van der Waals surface area contributed by atoms with Crippen molar-refractivity contribution >= 4 is 15.9 Å². The summed E-state index contributed by atoms with van der Waals surface area (Å²) in [5.41, 5.74) is 1.27. The number of halogens is 4. The predicted molar refractivity (Wildman–Crippen MR) is 68.3 cm³/mol. The third-order valence-corrected chi connectivity index (χ3v) is 3.93. The number of aryl methyl sites for hydroxylation is 1. The summed E-state index contributed by atoms with van der Waals surface area (Å²) >= 11 is 3.36. The lowest BCUT2D eigenvalue weighted by atomic mass is 10.1. The maximum absolute atomic E-state index is 13.5. The van der Waals surface area contributed by atoms with E-state index in [0.29, 0.717) is 25.1 Å². The molecule has 5 heteroatoms. The van der Waals surface area contributed by atoms with E-state index in [1.54, 1.807) is 17.9 Å². The maximum Gasteiger partial charge on any atom is 0.260 e. The zero-order valence-electron chi connectivity index (χ0n) is 10.1. The molecule has 1 aromatic carbocycles. The van der Waals surface area contributed by atoms with Crippen LogP contribution in [-0.4, -0.2) is 23.9 Å². The Morgan fingerprint density at radius 2 is 2.11 bits per heavy atom. The van der Waals surface area contributed by atoms with Gasteiger partial charge in [0.15, 0.2) is 0 Å². The molecule has 0 radical (unpaired) electrons. The van der Waals surface area contributed by atoms with E-state index < -0.39 is 5.92 Å². The van der Waals surface area contributed by atoms with Crippen LogP contribution in [-0.2, 0) is 6.54 Å². The van der Waals surface area contributed by atoms with E-state index in [-0.39, 0.29) is 18.8 Å². The normalized spacial score (nSPS) is 20.1. The first-order valence-electron chi connectivity index (χ1n) is 5.92. The third kappa shape index (κ3) is 3.26. The Bertz CT molecular complexity index is 448. The summed E-state index contributed by atoms with van der Waals surface area (Å²) in [6.07, 6.45) is 0.436. The van der Waals surface area contributed by atoms with E-state index in [2.05, 4.69) is 15.9 Å². The van der Waals surface area contributed by atoms with Crippen molar-refractivity contribution < 1.29 is 13.2 Å². The largest absolute Gasteiger partial charge is 0.293 e. The Morgan fingerprint density at radius 3 is 2.78 bits per heavy atom. The van der Waals surface area contributed by atoms with Crippen LogP contribution in [0.15, 0.2) is 16.6 Å². The first kappa shape index (κ1) is 13.9. The zero-order valence-corrected chi connectivity index (χ0v) is 11.7. The molecule has 1 aromatic rings. The minimum Gasteiger partial charge on any atom is -0.293 e. The molecule has 1 nitrogen and oxygen atoms in total. The molecule has 0 bridgehead atoms. The summed E-state index contributed by atoms with van der Waals surface area (Å²) in [5.74, 6) is -2.91. The van der Waals surface area contributed by atoms with Crippen LogP contribution < -0.4 is 0 Å². The highest BCUT2D eigenvalue weighted by Gasteiger charge is 2.35. The van der Waals surface area contributed by atoms with E-state index >= 15 is 0 Å². The van der Waals surface area contributed by atoms with Crippen molar-refractivity contribution in [2.45, 2.75) is 32.2 Å². The molecule has 0 amide bonds. The fourth-order valence-corrected chi connectivity index (χ4v) is 2.81. The molecule has 0 spiro atoms. The molecule has 1 heterocycles. The van der Waals surface area contributed by atoms with Crippen molar-refractivity contribution in [1.82, 2.24) is 4.90 Å². The van der Waals surface area contributed by atoms with Gasteiger partial charge in [0.05, 0.1) is 6.54 Å². The molecule has 18 heavy (non-hydrogen) atoms. The van der Waals surface area contributed by atoms with Crippen LogP contribution in [0, 0.1) is 12.7 Å². The highest BCUT2D eigenvalue weighted by atomic mass is 79.9. The number of rotatable bonds is 2. The van der Waals surface area contributed by atoms with Gasteiger partial charge in [0.2, 0.25) is 0 Å². The van der Waals surface area contributed by atoms with E-state index in [1.807, 2.05) is 0 Å². The molecule has 1 fully saturated rings. The Kier molecular flexibility index (Phi) is 4.02. The standard InChI is InChI=1S/C13H15BrF3N/c1-9-5-11(14)10(6-12(9)15)7-18-4-2-3-13(16,17)8-18/h5-6H,2-4,7-8H2,1H3. The van der Waals surface area contributed by atoms with Gasteiger partial charge in [0, 0.05) is 17.4 Å². The number of nitrogens with zero attached hydrogens (tertiary/aromatic N) is 1. The highest BCUT2D eigenvalue weighted by molar-refractivity contribution is 9.10. The Labute approximate surface area is 113 Å².